The van der Waals surface area contributed by atoms with Crippen molar-refractivity contribution in [3.63, 3.8) is 0 Å². The molecule has 2 aliphatic heterocycles. The predicted octanol–water partition coefficient (Wildman–Crippen LogP) is 6.02. The number of unbranched alkanes of at least 4 members (excludes halogenated alkanes) is 1. The van der Waals surface area contributed by atoms with Gasteiger partial charge in [-0.25, -0.2) is 18.4 Å². The number of piperazine rings is 1. The van der Waals surface area contributed by atoms with E-state index in [1.807, 2.05) is 57.5 Å². The average Bonchev–Trinajstić information content (AvgIpc) is 4.17. The van der Waals surface area contributed by atoms with Gasteiger partial charge in [0.05, 0.1) is 71.9 Å². The minimum atomic E-state index is -3.86. The molecule has 2 aromatic heterocycles. The van der Waals surface area contributed by atoms with Crippen molar-refractivity contribution in [3.05, 3.63) is 82.6 Å². The zero-order chi connectivity index (χ0) is 57.1. The third-order valence-corrected chi connectivity index (χ3v) is 17.3. The van der Waals surface area contributed by atoms with Gasteiger partial charge in [0.15, 0.2) is 0 Å². The number of nitrogens with zero attached hydrogens (tertiary/aromatic N) is 6. The molecule has 0 bridgehead atoms. The lowest BCUT2D eigenvalue weighted by Crippen LogP contribution is -2.58. The van der Waals surface area contributed by atoms with Crippen molar-refractivity contribution in [3.8, 4) is 10.4 Å². The number of sulfonamides is 1. The van der Waals surface area contributed by atoms with Crippen LogP contribution in [0.2, 0.25) is 0 Å². The molecule has 436 valence electrons. The molecule has 3 aliphatic rings. The van der Waals surface area contributed by atoms with Gasteiger partial charge in [0.25, 0.3) is 0 Å². The Morgan fingerprint density at radius 3 is 2.11 bits per heavy atom. The summed E-state index contributed by atoms with van der Waals surface area (Å²) in [7, 11) is -3.86. The molecule has 23 heteroatoms. The van der Waals surface area contributed by atoms with E-state index in [2.05, 4.69) is 38.2 Å². The lowest BCUT2D eigenvalue weighted by atomic mass is 9.85. The molecule has 21 nitrogen and oxygen atoms in total. The minimum absolute atomic E-state index is 0.109. The first kappa shape index (κ1) is 61.7. The number of carbonyl (C=O) groups is 4. The fraction of sp³-hybridized carbons (Fsp3) is 0.579. The number of benzene rings is 2. The molecule has 5 N–H and O–H groups in total. The molecule has 2 saturated heterocycles. The zero-order valence-corrected chi connectivity index (χ0v) is 48.7. The molecule has 1 saturated carbocycles. The van der Waals surface area contributed by atoms with Gasteiger partial charge in [-0.1, -0.05) is 89.8 Å². The third-order valence-electron chi connectivity index (χ3n) is 14.4. The summed E-state index contributed by atoms with van der Waals surface area (Å²) in [4.78, 5) is 71.2. The summed E-state index contributed by atoms with van der Waals surface area (Å²) < 4.78 is 51.0. The maximum Gasteiger partial charge on any atom is 0.248 e. The molecule has 2 atom stereocenters. The van der Waals surface area contributed by atoms with Crippen LogP contribution < -0.4 is 21.3 Å². The molecular formula is C57H81N11O10S2. The molecule has 0 radical (unpaired) electrons. The van der Waals surface area contributed by atoms with Gasteiger partial charge < -0.3 is 50.0 Å². The highest BCUT2D eigenvalue weighted by Gasteiger charge is 2.42. The van der Waals surface area contributed by atoms with Crippen LogP contribution in [0.25, 0.3) is 10.4 Å². The second kappa shape index (κ2) is 30.2. The number of hydrogen-bond acceptors (Lipinski definition) is 17. The van der Waals surface area contributed by atoms with Gasteiger partial charge in [0, 0.05) is 63.6 Å². The molecule has 2 aromatic carbocycles. The first-order chi connectivity index (χ1) is 38.5. The number of nitrogens with one attached hydrogen (secondary N) is 5. The molecule has 4 aromatic rings. The number of hydrogen-bond donors (Lipinski definition) is 5. The summed E-state index contributed by atoms with van der Waals surface area (Å²) in [5, 5.41) is 21.8. The Labute approximate surface area is 475 Å². The number of rotatable bonds is 29. The van der Waals surface area contributed by atoms with Gasteiger partial charge in [0.2, 0.25) is 39.6 Å². The number of aryl methyl sites for hydroxylation is 1. The molecule has 4 heterocycles. The number of ether oxygens (including phenoxy) is 4. The summed E-state index contributed by atoms with van der Waals surface area (Å²) in [6.07, 6.45) is 10.5. The van der Waals surface area contributed by atoms with Crippen LogP contribution in [0.1, 0.15) is 108 Å². The van der Waals surface area contributed by atoms with Crippen molar-refractivity contribution in [1.82, 2.24) is 39.7 Å². The van der Waals surface area contributed by atoms with Crippen LogP contribution in [-0.4, -0.2) is 177 Å². The van der Waals surface area contributed by atoms with E-state index < -0.39 is 33.4 Å². The molecule has 1 unspecified atom stereocenters. The number of amides is 4. The highest BCUT2D eigenvalue weighted by atomic mass is 32.2. The van der Waals surface area contributed by atoms with E-state index in [1.54, 1.807) is 39.5 Å². The van der Waals surface area contributed by atoms with Crippen molar-refractivity contribution < 1.29 is 46.5 Å². The summed E-state index contributed by atoms with van der Waals surface area (Å²) >= 11 is 1.59. The van der Waals surface area contributed by atoms with Gasteiger partial charge in [-0.3, -0.25) is 24.6 Å². The molecule has 0 spiro atoms. The Hall–Kier alpha value is -5.95. The van der Waals surface area contributed by atoms with Crippen LogP contribution in [-0.2, 0) is 54.7 Å². The molecule has 4 amide bonds. The van der Waals surface area contributed by atoms with Crippen LogP contribution in [0.3, 0.4) is 0 Å². The van der Waals surface area contributed by atoms with Gasteiger partial charge in [-0.05, 0) is 67.7 Å². The topological polar surface area (TPSA) is 260 Å². The number of carbonyl (C=O) groups excluding carboxylic acids is 4. The maximum absolute atomic E-state index is 13.9. The van der Waals surface area contributed by atoms with Crippen LogP contribution >= 0.6 is 11.3 Å². The Balaban J connectivity index is 0.732. The average molecular weight is 1140 g/mol. The van der Waals surface area contributed by atoms with E-state index in [0.29, 0.717) is 48.8 Å². The highest BCUT2D eigenvalue weighted by Crippen LogP contribution is 2.30. The molecule has 7 rings (SSSR count). The number of likely N-dealkylation sites (tertiary alicyclic amines) is 1. The number of anilines is 2. The lowest BCUT2D eigenvalue weighted by molar-refractivity contribution is -0.144. The highest BCUT2D eigenvalue weighted by molar-refractivity contribution is 7.89. The van der Waals surface area contributed by atoms with Gasteiger partial charge in [-0.2, -0.15) is 9.29 Å². The summed E-state index contributed by atoms with van der Waals surface area (Å²) in [6, 6.07) is 13.1. The lowest BCUT2D eigenvalue weighted by Gasteiger charge is -2.35. The van der Waals surface area contributed by atoms with Crippen LogP contribution in [0.4, 0.5) is 11.8 Å². The van der Waals surface area contributed by atoms with Gasteiger partial charge in [-0.15, -0.1) is 11.3 Å². The van der Waals surface area contributed by atoms with E-state index >= 15 is 0 Å². The van der Waals surface area contributed by atoms with Crippen LogP contribution in [0.5, 0.6) is 0 Å². The van der Waals surface area contributed by atoms with Crippen molar-refractivity contribution in [1.29, 1.82) is 5.41 Å². The third kappa shape index (κ3) is 17.5. The molecule has 3 fully saturated rings. The monoisotopic (exact) mass is 1140 g/mol. The predicted molar refractivity (Wildman–Crippen MR) is 307 cm³/mol. The van der Waals surface area contributed by atoms with Crippen molar-refractivity contribution in [2.75, 3.05) is 103 Å². The molecule has 1 aliphatic carbocycles. The van der Waals surface area contributed by atoms with Crippen molar-refractivity contribution in [2.24, 2.45) is 5.41 Å². The quantitative estimate of drug-likeness (QED) is 0.0308. The second-order valence-electron chi connectivity index (χ2n) is 21.5. The van der Waals surface area contributed by atoms with Crippen molar-refractivity contribution in [2.45, 2.75) is 122 Å². The number of aromatic nitrogens is 3. The fourth-order valence-corrected chi connectivity index (χ4v) is 12.0. The Morgan fingerprint density at radius 2 is 1.48 bits per heavy atom. The summed E-state index contributed by atoms with van der Waals surface area (Å²) in [6.45, 7) is 12.7. The summed E-state index contributed by atoms with van der Waals surface area (Å²) in [5.41, 5.74) is 5.46. The van der Waals surface area contributed by atoms with Gasteiger partial charge >= 0.3 is 0 Å². The Kier molecular flexibility index (Phi) is 23.3. The Morgan fingerprint density at radius 1 is 0.812 bits per heavy atom. The van der Waals surface area contributed by atoms with Crippen LogP contribution in [0.15, 0.2) is 65.1 Å². The second-order valence-corrected chi connectivity index (χ2v) is 24.3. The Bertz CT molecular complexity index is 2780. The standard InChI is InChI=1S/C57H81N11O10S2/c1-6-7-23-59-56-61-36-46(53(65-56)63-44-12-9-8-10-13-44)50(58)42-19-21-45(22-20-42)80(73,74)67-27-25-66(26-28-67)49(70)38-78-34-32-76-30-29-75-31-33-77-37-48(69)64-52(57(3,4)5)55(72)68-24-11-14-47(68)54(71)60-35-41-15-17-43(18-16-41)51-40(2)62-39-79-51/h15-22,36,39,44,47,52,58H,6-14,23-35,37-38H2,1-5H3,(H,60,71)(H,64,69)(H2,59,61,63,65)/t47-,52?/m0/s1. The van der Waals surface area contributed by atoms with E-state index in [0.717, 1.165) is 66.8 Å². The van der Waals surface area contributed by atoms with E-state index in [1.165, 1.54) is 22.9 Å². The molecule has 80 heavy (non-hydrogen) atoms. The van der Waals surface area contributed by atoms with E-state index in [4.69, 9.17) is 29.3 Å². The molecular weight excluding hydrogens is 1060 g/mol. The van der Waals surface area contributed by atoms with Crippen molar-refractivity contribution >= 4 is 62.5 Å². The first-order valence-corrected chi connectivity index (χ1v) is 30.4. The smallest absolute Gasteiger partial charge is 0.248 e. The van der Waals surface area contributed by atoms with E-state index in [9.17, 15) is 27.6 Å². The van der Waals surface area contributed by atoms with Gasteiger partial charge in [0.1, 0.15) is 31.1 Å². The fourth-order valence-electron chi connectivity index (χ4n) is 9.81. The first-order valence-electron chi connectivity index (χ1n) is 28.1. The normalized spacial score (nSPS) is 16.8. The number of thiazole rings is 1. The summed E-state index contributed by atoms with van der Waals surface area (Å²) in [5.74, 6) is -0.127. The largest absolute Gasteiger partial charge is 0.377 e. The SMILES string of the molecule is CCCCNc1ncc(C(=N)c2ccc(S(=O)(=O)N3CCN(C(=O)COCCOCCOCCOCC(=O)NC(C(=O)N4CCC[C@H]4C(=O)NCc4ccc(-c5scnc5C)cc4)C(C)(C)C)CC3)cc2)c(NC2CCCCC2)n1. The van der Waals surface area contributed by atoms with Crippen LogP contribution in [0, 0.1) is 17.7 Å². The maximum atomic E-state index is 13.9. The zero-order valence-electron chi connectivity index (χ0n) is 47.1. The minimum Gasteiger partial charge on any atom is -0.377 e. The van der Waals surface area contributed by atoms with E-state index in [-0.39, 0.29) is 113 Å².